The number of halogens is 2. The first-order valence-corrected chi connectivity index (χ1v) is 3.59. The molecule has 0 heterocycles. The van der Waals surface area contributed by atoms with E-state index in [0.717, 1.165) is 0 Å². The molecule has 0 aliphatic rings. The largest absolute Gasteiger partial charge is 0.396 e. The van der Waals surface area contributed by atoms with Crippen LogP contribution in [0, 0.1) is 17.1 Å². The van der Waals surface area contributed by atoms with Gasteiger partial charge in [0.25, 0.3) is 0 Å². The zero-order chi connectivity index (χ0) is 8.43. The maximum atomic E-state index is 12.6. The second-order valence-corrected chi connectivity index (χ2v) is 2.82. The summed E-state index contributed by atoms with van der Waals surface area (Å²) in [6.45, 7) is 0. The van der Waals surface area contributed by atoms with Crippen molar-refractivity contribution in [1.82, 2.24) is 0 Å². The Bertz CT molecular complexity index is 330. The molecule has 0 aliphatic heterocycles. The summed E-state index contributed by atoms with van der Waals surface area (Å²) in [5.41, 5.74) is 5.55. The fourth-order valence-corrected chi connectivity index (χ4v) is 1.06. The van der Waals surface area contributed by atoms with Gasteiger partial charge < -0.3 is 5.73 Å². The maximum Gasteiger partial charge on any atom is 0.147 e. The first-order valence-electron chi connectivity index (χ1n) is 2.79. The van der Waals surface area contributed by atoms with E-state index in [0.29, 0.717) is 10.0 Å². The normalized spacial score (nSPS) is 9.18. The number of nitrogens with zero attached hydrogens (tertiary/aromatic N) is 1. The Kier molecular flexibility index (Phi) is 2.11. The quantitative estimate of drug-likeness (QED) is 0.673. The lowest BCUT2D eigenvalue weighted by atomic mass is 10.2. The van der Waals surface area contributed by atoms with Gasteiger partial charge in [0, 0.05) is 4.47 Å². The number of rotatable bonds is 0. The van der Waals surface area contributed by atoms with E-state index < -0.39 is 5.82 Å². The molecule has 0 saturated heterocycles. The molecule has 56 valence electrons. The molecular formula is C7H4BrFN2. The molecule has 0 radical (unpaired) electrons. The van der Waals surface area contributed by atoms with E-state index >= 15 is 0 Å². The van der Waals surface area contributed by atoms with Crippen molar-refractivity contribution in [2.24, 2.45) is 0 Å². The molecule has 2 N–H and O–H groups in total. The number of nitriles is 1. The minimum Gasteiger partial charge on any atom is -0.396 e. The standard InChI is InChI=1S/C7H4BrFN2/c8-5-2-6(9)7(11)1-4(5)3-10/h1-2H,11H2. The van der Waals surface area contributed by atoms with Crippen molar-refractivity contribution < 1.29 is 4.39 Å². The first kappa shape index (κ1) is 8.02. The minimum atomic E-state index is -0.518. The molecule has 11 heavy (non-hydrogen) atoms. The van der Waals surface area contributed by atoms with Crippen LogP contribution in [0.2, 0.25) is 0 Å². The average Bonchev–Trinajstić information content (AvgIpc) is 1.97. The van der Waals surface area contributed by atoms with Crippen LogP contribution < -0.4 is 5.73 Å². The van der Waals surface area contributed by atoms with Crippen LogP contribution in [-0.2, 0) is 0 Å². The smallest absolute Gasteiger partial charge is 0.147 e. The third-order valence-corrected chi connectivity index (χ3v) is 1.86. The molecule has 0 bridgehead atoms. The van der Waals surface area contributed by atoms with Crippen molar-refractivity contribution >= 4 is 21.6 Å². The van der Waals surface area contributed by atoms with Gasteiger partial charge in [-0.15, -0.1) is 0 Å². The zero-order valence-electron chi connectivity index (χ0n) is 5.44. The van der Waals surface area contributed by atoms with Crippen LogP contribution in [0.4, 0.5) is 10.1 Å². The van der Waals surface area contributed by atoms with Crippen molar-refractivity contribution in [2.45, 2.75) is 0 Å². The lowest BCUT2D eigenvalue weighted by molar-refractivity contribution is 0.631. The maximum absolute atomic E-state index is 12.6. The van der Waals surface area contributed by atoms with E-state index in [2.05, 4.69) is 15.9 Å². The monoisotopic (exact) mass is 214 g/mol. The van der Waals surface area contributed by atoms with E-state index in [4.69, 9.17) is 11.0 Å². The van der Waals surface area contributed by atoms with Gasteiger partial charge in [-0.05, 0) is 28.1 Å². The van der Waals surface area contributed by atoms with Gasteiger partial charge in [0.1, 0.15) is 11.9 Å². The highest BCUT2D eigenvalue weighted by molar-refractivity contribution is 9.10. The molecule has 1 aromatic carbocycles. The van der Waals surface area contributed by atoms with Gasteiger partial charge in [-0.2, -0.15) is 5.26 Å². The lowest BCUT2D eigenvalue weighted by Gasteiger charge is -1.98. The Hall–Kier alpha value is -1.08. The Balaban J connectivity index is 3.35. The van der Waals surface area contributed by atoms with Crippen molar-refractivity contribution in [3.05, 3.63) is 28.0 Å². The molecule has 0 aromatic heterocycles. The van der Waals surface area contributed by atoms with Gasteiger partial charge in [0.2, 0.25) is 0 Å². The Morgan fingerprint density at radius 3 is 2.73 bits per heavy atom. The van der Waals surface area contributed by atoms with Crippen molar-refractivity contribution in [3.8, 4) is 6.07 Å². The summed E-state index contributed by atoms with van der Waals surface area (Å²) in [7, 11) is 0. The average molecular weight is 215 g/mol. The predicted octanol–water partition coefficient (Wildman–Crippen LogP) is 2.04. The highest BCUT2D eigenvalue weighted by Crippen LogP contribution is 2.21. The summed E-state index contributed by atoms with van der Waals surface area (Å²) in [6, 6.07) is 4.34. The van der Waals surface area contributed by atoms with E-state index in [9.17, 15) is 4.39 Å². The highest BCUT2D eigenvalue weighted by Gasteiger charge is 2.03. The van der Waals surface area contributed by atoms with Crippen molar-refractivity contribution in [3.63, 3.8) is 0 Å². The Morgan fingerprint density at radius 1 is 1.55 bits per heavy atom. The first-order chi connectivity index (χ1) is 5.15. The van der Waals surface area contributed by atoms with E-state index in [1.165, 1.54) is 12.1 Å². The molecule has 4 heteroatoms. The second-order valence-electron chi connectivity index (χ2n) is 1.97. The topological polar surface area (TPSA) is 49.8 Å². The van der Waals surface area contributed by atoms with Crippen LogP contribution in [0.5, 0.6) is 0 Å². The fourth-order valence-electron chi connectivity index (χ4n) is 0.651. The van der Waals surface area contributed by atoms with Gasteiger partial charge in [-0.25, -0.2) is 4.39 Å². The number of nitrogens with two attached hydrogens (primary N) is 1. The van der Waals surface area contributed by atoms with Gasteiger partial charge in [0.05, 0.1) is 11.3 Å². The number of nitrogen functional groups attached to an aromatic ring is 1. The summed E-state index contributed by atoms with van der Waals surface area (Å²) in [5.74, 6) is -0.518. The Labute approximate surface area is 71.6 Å². The molecule has 0 unspecified atom stereocenters. The number of benzene rings is 1. The van der Waals surface area contributed by atoms with Crippen LogP contribution in [0.3, 0.4) is 0 Å². The SMILES string of the molecule is N#Cc1cc(N)c(F)cc1Br. The molecule has 0 amide bonds. The van der Waals surface area contributed by atoms with Gasteiger partial charge in [-0.1, -0.05) is 0 Å². The third-order valence-electron chi connectivity index (χ3n) is 1.21. The van der Waals surface area contributed by atoms with E-state index in [-0.39, 0.29) is 5.69 Å². The van der Waals surface area contributed by atoms with E-state index in [1.54, 1.807) is 0 Å². The molecule has 0 atom stereocenters. The van der Waals surface area contributed by atoms with Gasteiger partial charge >= 0.3 is 0 Å². The van der Waals surface area contributed by atoms with Crippen LogP contribution in [-0.4, -0.2) is 0 Å². The van der Waals surface area contributed by atoms with E-state index in [1.807, 2.05) is 6.07 Å². The molecule has 1 aromatic rings. The van der Waals surface area contributed by atoms with Crippen molar-refractivity contribution in [1.29, 1.82) is 5.26 Å². The zero-order valence-corrected chi connectivity index (χ0v) is 7.02. The molecule has 0 aliphatic carbocycles. The van der Waals surface area contributed by atoms with Crippen LogP contribution in [0.25, 0.3) is 0 Å². The number of hydrogen-bond donors (Lipinski definition) is 1. The summed E-state index contributed by atoms with van der Waals surface area (Å²) in [5, 5.41) is 8.48. The lowest BCUT2D eigenvalue weighted by Crippen LogP contribution is -1.91. The highest BCUT2D eigenvalue weighted by atomic mass is 79.9. The number of hydrogen-bond acceptors (Lipinski definition) is 2. The summed E-state index contributed by atoms with van der Waals surface area (Å²) in [6.07, 6.45) is 0. The van der Waals surface area contributed by atoms with Gasteiger partial charge in [0.15, 0.2) is 0 Å². The molecular weight excluding hydrogens is 211 g/mol. The minimum absolute atomic E-state index is 0.00949. The number of anilines is 1. The summed E-state index contributed by atoms with van der Waals surface area (Å²) in [4.78, 5) is 0. The molecule has 1 rings (SSSR count). The van der Waals surface area contributed by atoms with Crippen LogP contribution in [0.1, 0.15) is 5.56 Å². The van der Waals surface area contributed by atoms with Crippen LogP contribution in [0.15, 0.2) is 16.6 Å². The van der Waals surface area contributed by atoms with Crippen molar-refractivity contribution in [2.75, 3.05) is 5.73 Å². The van der Waals surface area contributed by atoms with Gasteiger partial charge in [-0.3, -0.25) is 0 Å². The van der Waals surface area contributed by atoms with Crippen LogP contribution >= 0.6 is 15.9 Å². The molecule has 2 nitrogen and oxygen atoms in total. The predicted molar refractivity (Wildman–Crippen MR) is 43.2 cm³/mol. The molecule has 0 spiro atoms. The Morgan fingerprint density at radius 2 is 2.18 bits per heavy atom. The molecule has 0 saturated carbocycles. The fraction of sp³-hybridized carbons (Fsp3) is 0. The molecule has 0 fully saturated rings. The third kappa shape index (κ3) is 1.49. The second kappa shape index (κ2) is 2.89. The summed E-state index contributed by atoms with van der Waals surface area (Å²) < 4.78 is 13.1. The summed E-state index contributed by atoms with van der Waals surface area (Å²) >= 11 is 3.02.